The number of imide groups is 1. The lowest BCUT2D eigenvalue weighted by Gasteiger charge is -2.34. The molecule has 186 valence electrons. The van der Waals surface area contributed by atoms with Crippen LogP contribution in [0.5, 0.6) is 5.75 Å². The van der Waals surface area contributed by atoms with Crippen LogP contribution in [0.3, 0.4) is 0 Å². The Labute approximate surface area is 216 Å². The van der Waals surface area contributed by atoms with Crippen molar-refractivity contribution in [2.45, 2.75) is 0 Å². The van der Waals surface area contributed by atoms with Crippen LogP contribution >= 0.6 is 0 Å². The third-order valence-corrected chi connectivity index (χ3v) is 6.59. The van der Waals surface area contributed by atoms with Crippen molar-refractivity contribution in [3.63, 3.8) is 0 Å². The molecule has 2 aliphatic heterocycles. The average molecular weight is 493 g/mol. The molecule has 7 heteroatoms. The summed E-state index contributed by atoms with van der Waals surface area (Å²) in [6.45, 7) is 4.10. The van der Waals surface area contributed by atoms with Gasteiger partial charge in [-0.1, -0.05) is 11.8 Å². The first-order valence-corrected chi connectivity index (χ1v) is 12.2. The van der Waals surface area contributed by atoms with Crippen molar-refractivity contribution < 1.29 is 14.3 Å². The number of anilines is 2. The molecule has 0 unspecified atom stereocenters. The lowest BCUT2D eigenvalue weighted by Crippen LogP contribution is -2.44. The Morgan fingerprint density at radius 3 is 2.22 bits per heavy atom. The Morgan fingerprint density at radius 2 is 1.51 bits per heavy atom. The van der Waals surface area contributed by atoms with E-state index in [1.807, 2.05) is 36.4 Å². The first kappa shape index (κ1) is 24.2. The van der Waals surface area contributed by atoms with Crippen molar-refractivity contribution in [2.24, 2.45) is 0 Å². The Hall–Kier alpha value is -4.54. The SMILES string of the molecule is COc1ccc(C#Cc2ccc3c(c2)/C(=C/Nc2ccc(N4CCN(C)CC4)cc2)C(=O)NC3=O)cc1. The van der Waals surface area contributed by atoms with Crippen molar-refractivity contribution >= 4 is 28.8 Å². The number of piperazine rings is 1. The molecule has 2 heterocycles. The molecule has 7 nitrogen and oxygen atoms in total. The number of methoxy groups -OCH3 is 1. The monoisotopic (exact) mass is 492 g/mol. The number of nitrogens with zero attached hydrogens (tertiary/aromatic N) is 2. The highest BCUT2D eigenvalue weighted by Gasteiger charge is 2.27. The maximum Gasteiger partial charge on any atom is 0.260 e. The minimum absolute atomic E-state index is 0.380. The first-order valence-electron chi connectivity index (χ1n) is 12.2. The van der Waals surface area contributed by atoms with Gasteiger partial charge in [0.1, 0.15) is 5.75 Å². The molecule has 0 saturated carbocycles. The van der Waals surface area contributed by atoms with E-state index in [1.54, 1.807) is 31.5 Å². The number of ether oxygens (including phenoxy) is 1. The van der Waals surface area contributed by atoms with Gasteiger partial charge in [0.15, 0.2) is 0 Å². The summed E-state index contributed by atoms with van der Waals surface area (Å²) in [5, 5.41) is 5.64. The third-order valence-electron chi connectivity index (χ3n) is 6.59. The highest BCUT2D eigenvalue weighted by Crippen LogP contribution is 2.26. The van der Waals surface area contributed by atoms with E-state index in [9.17, 15) is 9.59 Å². The van der Waals surface area contributed by atoms with Crippen LogP contribution in [0.4, 0.5) is 11.4 Å². The minimum Gasteiger partial charge on any atom is -0.497 e. The maximum atomic E-state index is 12.7. The predicted octanol–water partition coefficient (Wildman–Crippen LogP) is 3.57. The molecule has 0 atom stereocenters. The van der Waals surface area contributed by atoms with Crippen molar-refractivity contribution in [1.29, 1.82) is 0 Å². The van der Waals surface area contributed by atoms with E-state index in [2.05, 4.69) is 51.5 Å². The van der Waals surface area contributed by atoms with Gasteiger partial charge in [0.25, 0.3) is 11.8 Å². The molecule has 2 aliphatic rings. The maximum absolute atomic E-state index is 12.7. The van der Waals surface area contributed by atoms with E-state index in [4.69, 9.17) is 4.74 Å². The van der Waals surface area contributed by atoms with Gasteiger partial charge in [-0.25, -0.2) is 0 Å². The molecule has 5 rings (SSSR count). The van der Waals surface area contributed by atoms with Gasteiger partial charge < -0.3 is 19.9 Å². The van der Waals surface area contributed by atoms with Gasteiger partial charge in [0, 0.05) is 66.0 Å². The zero-order valence-electron chi connectivity index (χ0n) is 20.9. The van der Waals surface area contributed by atoms with E-state index in [0.717, 1.165) is 43.2 Å². The minimum atomic E-state index is -0.445. The predicted molar refractivity (Wildman–Crippen MR) is 146 cm³/mol. The summed E-state index contributed by atoms with van der Waals surface area (Å²) in [7, 11) is 3.76. The van der Waals surface area contributed by atoms with E-state index < -0.39 is 11.8 Å². The van der Waals surface area contributed by atoms with Crippen LogP contribution in [0.1, 0.15) is 27.0 Å². The second kappa shape index (κ2) is 10.6. The molecule has 0 spiro atoms. The number of rotatable bonds is 4. The molecule has 1 fully saturated rings. The van der Waals surface area contributed by atoms with E-state index >= 15 is 0 Å². The number of carbonyl (C=O) groups excluding carboxylic acids is 2. The molecular weight excluding hydrogens is 464 g/mol. The number of carbonyl (C=O) groups is 2. The lowest BCUT2D eigenvalue weighted by atomic mass is 9.93. The van der Waals surface area contributed by atoms with E-state index in [-0.39, 0.29) is 0 Å². The Bertz CT molecular complexity index is 1410. The van der Waals surface area contributed by atoms with Gasteiger partial charge in [-0.05, 0) is 73.8 Å². The van der Waals surface area contributed by atoms with Gasteiger partial charge in [-0.3, -0.25) is 14.9 Å². The summed E-state index contributed by atoms with van der Waals surface area (Å²) in [6.07, 6.45) is 1.64. The number of fused-ring (bicyclic) bond motifs is 1. The Kier molecular flexibility index (Phi) is 6.93. The molecule has 0 radical (unpaired) electrons. The fourth-order valence-electron chi connectivity index (χ4n) is 4.35. The molecule has 1 saturated heterocycles. The number of hydrogen-bond donors (Lipinski definition) is 2. The smallest absolute Gasteiger partial charge is 0.260 e. The van der Waals surface area contributed by atoms with Gasteiger partial charge >= 0.3 is 0 Å². The molecule has 37 heavy (non-hydrogen) atoms. The molecule has 0 bridgehead atoms. The third kappa shape index (κ3) is 5.50. The average Bonchev–Trinajstić information content (AvgIpc) is 2.93. The molecule has 0 aromatic heterocycles. The standard InChI is InChI=1S/C30H28N4O3/c1-33-15-17-34(18-16-33)24-10-8-23(9-11-24)31-20-28-27-19-22(7-14-26(27)29(35)32-30(28)36)4-3-21-5-12-25(37-2)13-6-21/h5-14,19-20,31H,15-18H2,1-2H3,(H,32,35,36)/b28-20-. The van der Waals surface area contributed by atoms with Crippen LogP contribution < -0.4 is 20.3 Å². The summed E-state index contributed by atoms with van der Waals surface area (Å²) in [5.74, 6) is 6.14. The van der Waals surface area contributed by atoms with E-state index in [1.165, 1.54) is 5.69 Å². The second-order valence-electron chi connectivity index (χ2n) is 9.06. The van der Waals surface area contributed by atoms with Gasteiger partial charge in [-0.2, -0.15) is 0 Å². The molecule has 3 aromatic rings. The Morgan fingerprint density at radius 1 is 0.838 bits per heavy atom. The zero-order valence-corrected chi connectivity index (χ0v) is 20.9. The van der Waals surface area contributed by atoms with Crippen LogP contribution in [-0.4, -0.2) is 57.1 Å². The normalized spacial score (nSPS) is 16.5. The van der Waals surface area contributed by atoms with Crippen molar-refractivity contribution in [2.75, 3.05) is 50.6 Å². The lowest BCUT2D eigenvalue weighted by molar-refractivity contribution is -0.114. The number of nitrogens with one attached hydrogen (secondary N) is 2. The molecule has 2 amide bonds. The summed E-state index contributed by atoms with van der Waals surface area (Å²) in [5.41, 5.74) is 4.95. The fraction of sp³-hybridized carbons (Fsp3) is 0.200. The largest absolute Gasteiger partial charge is 0.497 e. The molecule has 2 N–H and O–H groups in total. The Balaban J connectivity index is 1.36. The van der Waals surface area contributed by atoms with Crippen LogP contribution in [0, 0.1) is 11.8 Å². The highest BCUT2D eigenvalue weighted by molar-refractivity contribution is 6.31. The van der Waals surface area contributed by atoms with Crippen molar-refractivity contribution in [3.8, 4) is 17.6 Å². The topological polar surface area (TPSA) is 73.9 Å². The van der Waals surface area contributed by atoms with Crippen molar-refractivity contribution in [3.05, 3.63) is 95.2 Å². The number of amides is 2. The van der Waals surface area contributed by atoms with Gasteiger partial charge in [0.2, 0.25) is 0 Å². The second-order valence-corrected chi connectivity index (χ2v) is 9.06. The quantitative estimate of drug-likeness (QED) is 0.330. The van der Waals surface area contributed by atoms with Crippen molar-refractivity contribution in [1.82, 2.24) is 10.2 Å². The van der Waals surface area contributed by atoms with E-state index in [0.29, 0.717) is 22.3 Å². The summed E-state index contributed by atoms with van der Waals surface area (Å²) in [4.78, 5) is 29.9. The molecule has 0 aliphatic carbocycles. The molecular formula is C30H28N4O3. The number of likely N-dealkylation sites (N-methyl/N-ethyl adjacent to an activating group) is 1. The van der Waals surface area contributed by atoms with Gasteiger partial charge in [-0.15, -0.1) is 0 Å². The zero-order chi connectivity index (χ0) is 25.8. The summed E-state index contributed by atoms with van der Waals surface area (Å²) >= 11 is 0. The van der Waals surface area contributed by atoms with Crippen LogP contribution in [0.2, 0.25) is 0 Å². The number of hydrogen-bond acceptors (Lipinski definition) is 6. The van der Waals surface area contributed by atoms with Crippen LogP contribution in [0.25, 0.3) is 5.57 Å². The number of benzene rings is 3. The highest BCUT2D eigenvalue weighted by atomic mass is 16.5. The summed E-state index contributed by atoms with van der Waals surface area (Å²) in [6, 6.07) is 20.9. The van der Waals surface area contributed by atoms with Crippen LogP contribution in [0.15, 0.2) is 72.9 Å². The van der Waals surface area contributed by atoms with Gasteiger partial charge in [0.05, 0.1) is 12.7 Å². The molecule has 3 aromatic carbocycles. The first-order chi connectivity index (χ1) is 18.0. The summed E-state index contributed by atoms with van der Waals surface area (Å²) < 4.78 is 5.18. The fourth-order valence-corrected chi connectivity index (χ4v) is 4.35. The van der Waals surface area contributed by atoms with Crippen LogP contribution in [-0.2, 0) is 4.79 Å².